The molecule has 0 aliphatic rings. The third-order valence-corrected chi connectivity index (χ3v) is 3.14. The van der Waals surface area contributed by atoms with Crippen LogP contribution in [0.15, 0.2) is 0 Å². The lowest BCUT2D eigenvalue weighted by atomic mass is 9.96. The number of aliphatic hydroxyl groups is 1. The fraction of sp³-hybridized carbons (Fsp3) is 1.00. The Balaban J connectivity index is 4.86. The fourth-order valence-electron chi connectivity index (χ4n) is 1.11. The zero-order chi connectivity index (χ0) is 13.9. The number of aliphatic hydroxyl groups excluding tert-OH is 1. The summed E-state index contributed by atoms with van der Waals surface area (Å²) in [4.78, 5) is 0. The molecule has 0 aromatic rings. The molecule has 0 heterocycles. The molecule has 0 aliphatic carbocycles. The summed E-state index contributed by atoms with van der Waals surface area (Å²) in [5.74, 6) is 0. The first kappa shape index (κ1) is 17.2. The van der Waals surface area contributed by atoms with E-state index >= 15 is 0 Å². The molecule has 1 atom stereocenters. The summed E-state index contributed by atoms with van der Waals surface area (Å²) in [6.45, 7) is -0.364. The Morgan fingerprint density at radius 2 is 1.35 bits per heavy atom. The van der Waals surface area contributed by atoms with Crippen LogP contribution in [-0.4, -0.2) is 33.7 Å². The van der Waals surface area contributed by atoms with Gasteiger partial charge in [0, 0.05) is 17.0 Å². The van der Waals surface area contributed by atoms with Crippen LogP contribution in [0.5, 0.6) is 0 Å². The molecule has 17 heavy (non-hydrogen) atoms. The van der Waals surface area contributed by atoms with E-state index in [1.54, 1.807) is 0 Å². The monoisotopic (exact) mass is 382 g/mol. The van der Waals surface area contributed by atoms with Crippen molar-refractivity contribution in [2.24, 2.45) is 0 Å². The minimum Gasteiger partial charge on any atom is -0.396 e. The van der Waals surface area contributed by atoms with Crippen LogP contribution in [0.25, 0.3) is 0 Å². The molecular weight excluding hydrogens is 372 g/mol. The maximum absolute atomic E-state index is 13.2. The lowest BCUT2D eigenvalue weighted by Gasteiger charge is -2.31. The third-order valence-electron chi connectivity index (χ3n) is 2.08. The highest BCUT2D eigenvalue weighted by molar-refractivity contribution is 14.1. The highest BCUT2D eigenvalue weighted by Gasteiger charge is 2.72. The van der Waals surface area contributed by atoms with E-state index in [1.807, 2.05) is 0 Å². The maximum atomic E-state index is 13.2. The molecule has 104 valence electrons. The Hall–Kier alpha value is 0.200. The lowest BCUT2D eigenvalue weighted by molar-refractivity contribution is -0.342. The Labute approximate surface area is 107 Å². The number of hydrogen-bond donors (Lipinski definition) is 1. The minimum atomic E-state index is -5.99. The van der Waals surface area contributed by atoms with Gasteiger partial charge >= 0.3 is 12.4 Å². The van der Waals surface area contributed by atoms with Crippen molar-refractivity contribution < 1.29 is 35.8 Å². The number of rotatable bonds is 5. The molecule has 1 N–H and O–H groups in total. The van der Waals surface area contributed by atoms with Gasteiger partial charge in [0.25, 0.3) is 5.67 Å². The van der Waals surface area contributed by atoms with Crippen LogP contribution in [0.2, 0.25) is 0 Å². The van der Waals surface area contributed by atoms with E-state index in [0.29, 0.717) is 0 Å². The van der Waals surface area contributed by atoms with Gasteiger partial charge in [-0.25, -0.2) is 4.39 Å². The molecule has 9 heteroatoms. The second kappa shape index (κ2) is 5.89. The van der Waals surface area contributed by atoms with Crippen molar-refractivity contribution in [1.82, 2.24) is 0 Å². The van der Waals surface area contributed by atoms with Crippen molar-refractivity contribution in [3.8, 4) is 0 Å². The largest absolute Gasteiger partial charge is 0.431 e. The van der Waals surface area contributed by atoms with Crippen LogP contribution in [0.4, 0.5) is 30.7 Å². The van der Waals surface area contributed by atoms with Gasteiger partial charge in [0.15, 0.2) is 0 Å². The normalized spacial score (nSPS) is 16.1. The Morgan fingerprint density at radius 1 is 0.941 bits per heavy atom. The summed E-state index contributed by atoms with van der Waals surface area (Å²) < 4.78 is 84.8. The van der Waals surface area contributed by atoms with Gasteiger partial charge in [-0.15, -0.1) is 0 Å². The first-order chi connectivity index (χ1) is 7.45. The molecule has 0 aromatic carbocycles. The van der Waals surface area contributed by atoms with Gasteiger partial charge in [-0.05, 0) is 12.8 Å². The molecule has 0 spiro atoms. The van der Waals surface area contributed by atoms with Gasteiger partial charge in [-0.1, -0.05) is 22.6 Å². The molecule has 1 unspecified atom stereocenters. The highest BCUT2D eigenvalue weighted by atomic mass is 127. The van der Waals surface area contributed by atoms with E-state index in [9.17, 15) is 30.7 Å². The molecule has 0 amide bonds. The highest BCUT2D eigenvalue weighted by Crippen LogP contribution is 2.50. The first-order valence-corrected chi connectivity index (χ1v) is 5.77. The first-order valence-electron chi connectivity index (χ1n) is 4.53. The van der Waals surface area contributed by atoms with Crippen molar-refractivity contribution >= 4 is 22.6 Å². The second-order valence-electron chi connectivity index (χ2n) is 3.46. The van der Waals surface area contributed by atoms with E-state index in [0.717, 1.165) is 0 Å². The molecule has 0 rings (SSSR count). The Bertz CT molecular complexity index is 223. The molecule has 0 aliphatic heterocycles. The molecule has 0 bridgehead atoms. The van der Waals surface area contributed by atoms with Crippen molar-refractivity contribution in [3.05, 3.63) is 0 Å². The third kappa shape index (κ3) is 4.42. The van der Waals surface area contributed by atoms with E-state index in [2.05, 4.69) is 0 Å². The van der Waals surface area contributed by atoms with Crippen LogP contribution in [0.1, 0.15) is 19.3 Å². The van der Waals surface area contributed by atoms with E-state index in [4.69, 9.17) is 5.11 Å². The predicted octanol–water partition coefficient (Wildman–Crippen LogP) is 3.79. The summed E-state index contributed by atoms with van der Waals surface area (Å²) in [5, 5.41) is 8.39. The van der Waals surface area contributed by atoms with Gasteiger partial charge in [-0.3, -0.25) is 0 Å². The van der Waals surface area contributed by atoms with Crippen LogP contribution in [0.3, 0.4) is 0 Å². The predicted molar refractivity (Wildman–Crippen MR) is 54.7 cm³/mol. The van der Waals surface area contributed by atoms with Crippen LogP contribution in [0, 0.1) is 0 Å². The van der Waals surface area contributed by atoms with E-state index < -0.39 is 28.4 Å². The van der Waals surface area contributed by atoms with Crippen molar-refractivity contribution in [1.29, 1.82) is 0 Å². The second-order valence-corrected chi connectivity index (χ2v) is 5.23. The van der Waals surface area contributed by atoms with Crippen LogP contribution in [-0.2, 0) is 0 Å². The Kier molecular flexibility index (Phi) is 5.96. The topological polar surface area (TPSA) is 20.2 Å². The fourth-order valence-corrected chi connectivity index (χ4v) is 2.16. The average Bonchev–Trinajstić information content (AvgIpc) is 2.10. The lowest BCUT2D eigenvalue weighted by Crippen LogP contribution is -2.54. The van der Waals surface area contributed by atoms with Gasteiger partial charge < -0.3 is 5.11 Å². The van der Waals surface area contributed by atoms with Gasteiger partial charge in [0.05, 0.1) is 0 Å². The Morgan fingerprint density at radius 3 is 1.65 bits per heavy atom. The number of halogens is 8. The average molecular weight is 382 g/mol. The molecule has 0 saturated carbocycles. The van der Waals surface area contributed by atoms with Crippen molar-refractivity contribution in [2.45, 2.75) is 41.2 Å². The van der Waals surface area contributed by atoms with Gasteiger partial charge in [0.2, 0.25) is 0 Å². The molecular formula is C8H10F7IO. The quantitative estimate of drug-likeness (QED) is 0.436. The number of hydrogen-bond acceptors (Lipinski definition) is 1. The summed E-state index contributed by atoms with van der Waals surface area (Å²) in [5.41, 5.74) is -5.19. The van der Waals surface area contributed by atoms with Crippen LogP contribution < -0.4 is 0 Å². The standard InChI is InChI=1S/C8H10F7IO/c9-6(7(10,11)12,8(13,14)15)4-5(16)2-1-3-17/h5,17H,1-4H2. The molecule has 0 radical (unpaired) electrons. The SMILES string of the molecule is OCCCC(I)CC(F)(C(F)(F)F)C(F)(F)F. The summed E-state index contributed by atoms with van der Waals surface area (Å²) in [6, 6.07) is 0. The zero-order valence-corrected chi connectivity index (χ0v) is 10.5. The van der Waals surface area contributed by atoms with E-state index in [-0.39, 0.29) is 19.4 Å². The molecule has 0 fully saturated rings. The van der Waals surface area contributed by atoms with Crippen molar-refractivity contribution in [2.75, 3.05) is 6.61 Å². The van der Waals surface area contributed by atoms with Crippen LogP contribution >= 0.6 is 22.6 Å². The zero-order valence-electron chi connectivity index (χ0n) is 8.38. The van der Waals surface area contributed by atoms with Gasteiger partial charge in [0.1, 0.15) is 0 Å². The maximum Gasteiger partial charge on any atom is 0.431 e. The molecule has 1 nitrogen and oxygen atoms in total. The van der Waals surface area contributed by atoms with E-state index in [1.165, 1.54) is 22.6 Å². The minimum absolute atomic E-state index is 0.0272. The molecule has 0 saturated heterocycles. The summed E-state index contributed by atoms with van der Waals surface area (Å²) in [6.07, 6.45) is -13.8. The smallest absolute Gasteiger partial charge is 0.396 e. The van der Waals surface area contributed by atoms with Gasteiger partial charge in [-0.2, -0.15) is 26.3 Å². The molecule has 0 aromatic heterocycles. The summed E-state index contributed by atoms with van der Waals surface area (Å²) >= 11 is 1.32. The van der Waals surface area contributed by atoms with Crippen molar-refractivity contribution in [3.63, 3.8) is 0 Å². The number of alkyl halides is 8. The summed E-state index contributed by atoms with van der Waals surface area (Å²) in [7, 11) is 0.